The number of hydrogen-bond donors (Lipinski definition) is 3. The van der Waals surface area contributed by atoms with Crippen LogP contribution in [0.15, 0.2) is 29.2 Å². The number of carbonyl (C=O) groups is 1. The Morgan fingerprint density at radius 1 is 1.38 bits per heavy atom. The Kier molecular flexibility index (Phi) is 4.49. The van der Waals surface area contributed by atoms with Crippen molar-refractivity contribution in [2.75, 3.05) is 0 Å². The van der Waals surface area contributed by atoms with Gasteiger partial charge in [-0.05, 0) is 25.5 Å². The van der Waals surface area contributed by atoms with Gasteiger partial charge in [0, 0.05) is 0 Å². The number of rotatable bonds is 5. The Morgan fingerprint density at radius 2 is 1.94 bits per heavy atom. The zero-order chi connectivity index (χ0) is 12.2. The first-order valence-corrected chi connectivity index (χ1v) is 6.61. The lowest BCUT2D eigenvalue weighted by Crippen LogP contribution is -2.32. The van der Waals surface area contributed by atoms with Crippen molar-refractivity contribution in [3.63, 3.8) is 0 Å². The Bertz CT molecular complexity index is 351. The predicted octanol–water partition coefficient (Wildman–Crippen LogP) is 2.59. The van der Waals surface area contributed by atoms with Crippen molar-refractivity contribution in [3.05, 3.63) is 29.8 Å². The molecule has 16 heavy (non-hydrogen) atoms. The van der Waals surface area contributed by atoms with Gasteiger partial charge in [-0.1, -0.05) is 24.6 Å². The van der Waals surface area contributed by atoms with Crippen LogP contribution in [0.25, 0.3) is 0 Å². The first-order chi connectivity index (χ1) is 7.49. The van der Waals surface area contributed by atoms with Crippen molar-refractivity contribution in [1.29, 1.82) is 0 Å². The van der Waals surface area contributed by atoms with Crippen LogP contribution in [0.4, 0.5) is 0 Å². The molecule has 0 spiro atoms. The molecule has 0 radical (unpaired) electrons. The van der Waals surface area contributed by atoms with E-state index >= 15 is 0 Å². The fourth-order valence-electron chi connectivity index (χ4n) is 1.21. The molecule has 0 aliphatic heterocycles. The summed E-state index contributed by atoms with van der Waals surface area (Å²) >= 11 is 0. The Labute approximate surface area is 97.2 Å². The molecule has 0 aliphatic rings. The van der Waals surface area contributed by atoms with Gasteiger partial charge in [-0.2, -0.15) is 0 Å². The normalized spacial score (nSPS) is 14.5. The van der Waals surface area contributed by atoms with E-state index < -0.39 is 16.8 Å². The van der Waals surface area contributed by atoms with Gasteiger partial charge in [0.2, 0.25) is 0 Å². The summed E-state index contributed by atoms with van der Waals surface area (Å²) in [6.45, 7) is 3.72. The summed E-state index contributed by atoms with van der Waals surface area (Å²) in [6.07, 6.45) is 1.20. The molecule has 0 aliphatic carbocycles. The lowest BCUT2D eigenvalue weighted by molar-refractivity contribution is -0.109. The summed E-state index contributed by atoms with van der Waals surface area (Å²) in [5.74, 6) is 0. The largest absolute Gasteiger partial charge is 0.302 e. The quantitative estimate of drug-likeness (QED) is 0.695. The van der Waals surface area contributed by atoms with E-state index in [0.717, 1.165) is 5.56 Å². The number of hydrogen-bond acceptors (Lipinski definition) is 4. The maximum absolute atomic E-state index is 10.6. The summed E-state index contributed by atoms with van der Waals surface area (Å²) in [7, 11) is -3.08. The third kappa shape index (κ3) is 3.31. The van der Waals surface area contributed by atoms with Gasteiger partial charge >= 0.3 is 0 Å². The lowest BCUT2D eigenvalue weighted by Gasteiger charge is -2.35. The summed E-state index contributed by atoms with van der Waals surface area (Å²) in [5.41, 5.74) is 1.04. The average Bonchev–Trinajstić information content (AvgIpc) is 2.26. The molecule has 4 nitrogen and oxygen atoms in total. The standard InChI is InChI=1S/C11H17NO3S/c1-3-10(8-13)12-16(14,15)11-6-4-9(2)5-7-11/h4-8,10,12,14-15H,3H2,1-2H3. The first kappa shape index (κ1) is 13.2. The molecule has 3 N–H and O–H groups in total. The minimum absolute atomic E-state index is 0.401. The molecule has 0 saturated heterocycles. The van der Waals surface area contributed by atoms with Gasteiger partial charge in [-0.25, -0.2) is 4.72 Å². The molecule has 1 unspecified atom stereocenters. The van der Waals surface area contributed by atoms with Crippen LogP contribution in [0.1, 0.15) is 18.9 Å². The van der Waals surface area contributed by atoms with Crippen LogP contribution in [-0.4, -0.2) is 21.4 Å². The zero-order valence-corrected chi connectivity index (χ0v) is 10.2. The van der Waals surface area contributed by atoms with Gasteiger partial charge in [0.15, 0.2) is 0 Å². The third-order valence-corrected chi connectivity index (χ3v) is 3.83. The van der Waals surface area contributed by atoms with Crippen LogP contribution in [0.5, 0.6) is 0 Å². The molecular weight excluding hydrogens is 226 g/mol. The van der Waals surface area contributed by atoms with Crippen molar-refractivity contribution in [2.24, 2.45) is 0 Å². The molecule has 0 fully saturated rings. The second-order valence-corrected chi connectivity index (χ2v) is 5.44. The van der Waals surface area contributed by atoms with E-state index in [2.05, 4.69) is 4.72 Å². The van der Waals surface area contributed by atoms with Gasteiger partial charge in [0.1, 0.15) is 6.29 Å². The highest BCUT2D eigenvalue weighted by molar-refractivity contribution is 8.22. The smallest absolute Gasteiger partial charge is 0.138 e. The molecular formula is C11H17NO3S. The Hall–Kier alpha value is -0.880. The van der Waals surface area contributed by atoms with Crippen LogP contribution in [-0.2, 0) is 4.79 Å². The van der Waals surface area contributed by atoms with E-state index in [9.17, 15) is 13.9 Å². The molecule has 0 aromatic heterocycles. The zero-order valence-electron chi connectivity index (χ0n) is 9.38. The number of benzene rings is 1. The van der Waals surface area contributed by atoms with E-state index in [1.165, 1.54) is 0 Å². The van der Waals surface area contributed by atoms with E-state index in [1.54, 1.807) is 31.2 Å². The minimum atomic E-state index is -3.08. The minimum Gasteiger partial charge on any atom is -0.302 e. The van der Waals surface area contributed by atoms with Crippen molar-refractivity contribution < 1.29 is 13.9 Å². The molecule has 1 aromatic carbocycles. The fraction of sp³-hybridized carbons (Fsp3) is 0.364. The van der Waals surface area contributed by atoms with E-state index in [-0.39, 0.29) is 0 Å². The van der Waals surface area contributed by atoms with Crippen LogP contribution in [0, 0.1) is 6.92 Å². The molecule has 0 heterocycles. The van der Waals surface area contributed by atoms with Crippen molar-refractivity contribution in [2.45, 2.75) is 31.2 Å². The molecule has 1 aromatic rings. The molecule has 5 heteroatoms. The molecule has 1 rings (SSSR count). The third-order valence-electron chi connectivity index (χ3n) is 2.27. The first-order valence-electron chi connectivity index (χ1n) is 5.07. The van der Waals surface area contributed by atoms with Gasteiger partial charge < -0.3 is 4.79 Å². The van der Waals surface area contributed by atoms with Crippen molar-refractivity contribution in [1.82, 2.24) is 4.72 Å². The SMILES string of the molecule is CCC(C=O)NS(O)(O)c1ccc(C)cc1. The number of nitrogens with one attached hydrogen (secondary N) is 1. The van der Waals surface area contributed by atoms with Gasteiger partial charge in [0.05, 0.1) is 10.9 Å². The van der Waals surface area contributed by atoms with Gasteiger partial charge in [-0.15, -0.1) is 10.8 Å². The monoisotopic (exact) mass is 243 g/mol. The predicted molar refractivity (Wildman–Crippen MR) is 65.6 cm³/mol. The highest BCUT2D eigenvalue weighted by Crippen LogP contribution is 2.44. The van der Waals surface area contributed by atoms with Crippen LogP contribution in [0.3, 0.4) is 0 Å². The summed E-state index contributed by atoms with van der Waals surface area (Å²) in [5, 5.41) is 0. The fourth-order valence-corrected chi connectivity index (χ4v) is 2.51. The number of aryl methyl sites for hydroxylation is 1. The maximum atomic E-state index is 10.6. The van der Waals surface area contributed by atoms with Crippen molar-refractivity contribution >= 4 is 17.1 Å². The summed E-state index contributed by atoms with van der Waals surface area (Å²) < 4.78 is 22.3. The molecule has 0 saturated carbocycles. The Balaban J connectivity index is 2.84. The maximum Gasteiger partial charge on any atom is 0.138 e. The molecule has 0 amide bonds. The van der Waals surface area contributed by atoms with Crippen LogP contribution >= 0.6 is 10.8 Å². The second kappa shape index (κ2) is 5.45. The topological polar surface area (TPSA) is 69.6 Å². The summed E-state index contributed by atoms with van der Waals surface area (Å²) in [4.78, 5) is 11.0. The number of aldehydes is 1. The van der Waals surface area contributed by atoms with E-state index in [4.69, 9.17) is 0 Å². The van der Waals surface area contributed by atoms with Gasteiger partial charge in [0.25, 0.3) is 0 Å². The van der Waals surface area contributed by atoms with Crippen molar-refractivity contribution in [3.8, 4) is 0 Å². The summed E-state index contributed by atoms with van der Waals surface area (Å²) in [6, 6.07) is 6.36. The highest BCUT2D eigenvalue weighted by atomic mass is 32.3. The Morgan fingerprint density at radius 3 is 2.38 bits per heavy atom. The second-order valence-electron chi connectivity index (χ2n) is 3.63. The van der Waals surface area contributed by atoms with Gasteiger partial charge in [-0.3, -0.25) is 9.11 Å². The van der Waals surface area contributed by atoms with E-state index in [0.29, 0.717) is 17.6 Å². The molecule has 0 bridgehead atoms. The van der Waals surface area contributed by atoms with E-state index in [1.807, 2.05) is 6.92 Å². The number of carbonyl (C=O) groups excluding carboxylic acids is 1. The van der Waals surface area contributed by atoms with Crippen LogP contribution in [0.2, 0.25) is 0 Å². The molecule has 1 atom stereocenters. The lowest BCUT2D eigenvalue weighted by atomic mass is 10.2. The highest BCUT2D eigenvalue weighted by Gasteiger charge is 2.19. The molecule has 90 valence electrons. The average molecular weight is 243 g/mol. The van der Waals surface area contributed by atoms with Crippen LogP contribution < -0.4 is 4.72 Å².